The highest BCUT2D eigenvalue weighted by Gasteiger charge is 2.35. The Balaban J connectivity index is 1.64. The summed E-state index contributed by atoms with van der Waals surface area (Å²) < 4.78 is 6.20. The number of hydrogen-bond acceptors (Lipinski definition) is 3. The summed E-state index contributed by atoms with van der Waals surface area (Å²) in [7, 11) is 0. The predicted molar refractivity (Wildman–Crippen MR) is 83.6 cm³/mol. The molecule has 1 saturated heterocycles. The summed E-state index contributed by atoms with van der Waals surface area (Å²) in [5.41, 5.74) is 2.90. The molecule has 0 saturated carbocycles. The average Bonchev–Trinajstić information content (AvgIpc) is 3.03. The molecule has 0 bridgehead atoms. The molecule has 3 rings (SSSR count). The van der Waals surface area contributed by atoms with Crippen molar-refractivity contribution in [3.8, 4) is 5.75 Å². The Kier molecular flexibility index (Phi) is 3.63. The minimum atomic E-state index is 0.291. The number of fused-ring (bicyclic) bond motifs is 1. The van der Waals surface area contributed by atoms with E-state index in [2.05, 4.69) is 49.2 Å². The van der Waals surface area contributed by atoms with Crippen LogP contribution in [0.1, 0.15) is 32.8 Å². The number of likely N-dealkylation sites (tertiary alicyclic amines) is 1. The van der Waals surface area contributed by atoms with Crippen molar-refractivity contribution in [2.24, 2.45) is 5.41 Å². The first-order valence-corrected chi connectivity index (χ1v) is 7.80. The molecule has 1 aromatic carbocycles. The van der Waals surface area contributed by atoms with Gasteiger partial charge in [0.25, 0.3) is 0 Å². The summed E-state index contributed by atoms with van der Waals surface area (Å²) in [5.74, 6) is 1.08. The van der Waals surface area contributed by atoms with Crippen LogP contribution in [0.2, 0.25) is 0 Å². The maximum absolute atomic E-state index is 6.20. The smallest absolute Gasteiger partial charge is 0.124 e. The molecule has 0 amide bonds. The molecule has 3 nitrogen and oxygen atoms in total. The summed E-state index contributed by atoms with van der Waals surface area (Å²) in [6, 6.07) is 6.99. The maximum atomic E-state index is 6.20. The van der Waals surface area contributed by atoms with Gasteiger partial charge in [-0.3, -0.25) is 0 Å². The second kappa shape index (κ2) is 5.28. The Bertz CT molecular complexity index is 486. The number of ether oxygens (including phenoxy) is 1. The van der Waals surface area contributed by atoms with Crippen LogP contribution in [0.15, 0.2) is 18.2 Å². The fourth-order valence-corrected chi connectivity index (χ4v) is 3.32. The number of nitrogens with zero attached hydrogens (tertiary/aromatic N) is 1. The van der Waals surface area contributed by atoms with E-state index in [-0.39, 0.29) is 0 Å². The lowest BCUT2D eigenvalue weighted by molar-refractivity contribution is 0.154. The lowest BCUT2D eigenvalue weighted by atomic mass is 9.91. The SMILES string of the molecule is CC(C)N1CCC(C)(COc2cccc3c2CCN3)C1. The van der Waals surface area contributed by atoms with Crippen LogP contribution in [-0.2, 0) is 6.42 Å². The molecule has 2 heterocycles. The van der Waals surface area contributed by atoms with Crippen LogP contribution in [0.3, 0.4) is 0 Å². The third kappa shape index (κ3) is 2.64. The van der Waals surface area contributed by atoms with E-state index in [1.165, 1.54) is 24.2 Å². The van der Waals surface area contributed by atoms with E-state index in [4.69, 9.17) is 4.74 Å². The second-order valence-corrected chi connectivity index (χ2v) is 6.87. The van der Waals surface area contributed by atoms with Crippen molar-refractivity contribution >= 4 is 5.69 Å². The third-order valence-electron chi connectivity index (χ3n) is 4.72. The van der Waals surface area contributed by atoms with Crippen LogP contribution in [0.4, 0.5) is 5.69 Å². The highest BCUT2D eigenvalue weighted by atomic mass is 16.5. The van der Waals surface area contributed by atoms with Gasteiger partial charge in [-0.2, -0.15) is 0 Å². The molecule has 0 aromatic heterocycles. The first-order valence-electron chi connectivity index (χ1n) is 7.80. The van der Waals surface area contributed by atoms with Gasteiger partial charge in [0.2, 0.25) is 0 Å². The van der Waals surface area contributed by atoms with Crippen molar-refractivity contribution in [3.05, 3.63) is 23.8 Å². The van der Waals surface area contributed by atoms with Gasteiger partial charge in [-0.15, -0.1) is 0 Å². The summed E-state index contributed by atoms with van der Waals surface area (Å²) in [6.07, 6.45) is 2.32. The fourth-order valence-electron chi connectivity index (χ4n) is 3.32. The van der Waals surface area contributed by atoms with E-state index in [0.29, 0.717) is 11.5 Å². The largest absolute Gasteiger partial charge is 0.493 e. The first-order chi connectivity index (χ1) is 9.57. The van der Waals surface area contributed by atoms with Crippen molar-refractivity contribution in [2.45, 2.75) is 39.7 Å². The normalized spacial score (nSPS) is 25.8. The van der Waals surface area contributed by atoms with Crippen molar-refractivity contribution in [1.82, 2.24) is 4.90 Å². The molecule has 2 aliphatic rings. The summed E-state index contributed by atoms with van der Waals surface area (Å²) in [4.78, 5) is 2.56. The number of anilines is 1. The number of benzene rings is 1. The molecular formula is C17H26N2O. The highest BCUT2D eigenvalue weighted by molar-refractivity contribution is 5.61. The summed E-state index contributed by atoms with van der Waals surface area (Å²) >= 11 is 0. The molecule has 1 N–H and O–H groups in total. The van der Waals surface area contributed by atoms with Crippen molar-refractivity contribution in [1.29, 1.82) is 0 Å². The minimum absolute atomic E-state index is 0.291. The van der Waals surface area contributed by atoms with E-state index in [1.54, 1.807) is 0 Å². The van der Waals surface area contributed by atoms with E-state index >= 15 is 0 Å². The molecule has 0 aliphatic carbocycles. The monoisotopic (exact) mass is 274 g/mol. The Morgan fingerprint density at radius 1 is 1.40 bits per heavy atom. The summed E-state index contributed by atoms with van der Waals surface area (Å²) in [5, 5.41) is 3.41. The second-order valence-electron chi connectivity index (χ2n) is 6.87. The number of nitrogens with one attached hydrogen (secondary N) is 1. The lowest BCUT2D eigenvalue weighted by Crippen LogP contribution is -2.33. The summed E-state index contributed by atoms with van der Waals surface area (Å²) in [6.45, 7) is 11.1. The van der Waals surface area contributed by atoms with Crippen LogP contribution < -0.4 is 10.1 Å². The maximum Gasteiger partial charge on any atom is 0.124 e. The molecule has 20 heavy (non-hydrogen) atoms. The van der Waals surface area contributed by atoms with Gasteiger partial charge in [-0.1, -0.05) is 13.0 Å². The van der Waals surface area contributed by atoms with Crippen LogP contribution >= 0.6 is 0 Å². The Morgan fingerprint density at radius 2 is 2.25 bits per heavy atom. The van der Waals surface area contributed by atoms with Gasteiger partial charge in [0.15, 0.2) is 0 Å². The molecule has 1 unspecified atom stereocenters. The van der Waals surface area contributed by atoms with Crippen LogP contribution in [0, 0.1) is 5.41 Å². The Hall–Kier alpha value is -1.22. The molecule has 1 fully saturated rings. The van der Waals surface area contributed by atoms with Gasteiger partial charge in [0, 0.05) is 35.8 Å². The van der Waals surface area contributed by atoms with E-state index < -0.39 is 0 Å². The fraction of sp³-hybridized carbons (Fsp3) is 0.647. The topological polar surface area (TPSA) is 24.5 Å². The predicted octanol–water partition coefficient (Wildman–Crippen LogP) is 3.15. The van der Waals surface area contributed by atoms with Crippen LogP contribution in [-0.4, -0.2) is 37.2 Å². The zero-order valence-electron chi connectivity index (χ0n) is 12.9. The molecule has 2 aliphatic heterocycles. The molecule has 0 radical (unpaired) electrons. The van der Waals surface area contributed by atoms with Gasteiger partial charge < -0.3 is 15.0 Å². The lowest BCUT2D eigenvalue weighted by Gasteiger charge is -2.27. The van der Waals surface area contributed by atoms with E-state index in [1.807, 2.05) is 0 Å². The third-order valence-corrected chi connectivity index (χ3v) is 4.72. The highest BCUT2D eigenvalue weighted by Crippen LogP contribution is 2.35. The number of rotatable bonds is 4. The molecule has 1 atom stereocenters. The van der Waals surface area contributed by atoms with Crippen LogP contribution in [0.5, 0.6) is 5.75 Å². The standard InChI is InChI=1S/C17H26N2O/c1-13(2)19-10-8-17(3,11-19)12-20-16-6-4-5-15-14(16)7-9-18-15/h4-6,13,18H,7-12H2,1-3H3. The van der Waals surface area contributed by atoms with Crippen molar-refractivity contribution < 1.29 is 4.74 Å². The molecule has 3 heteroatoms. The number of hydrogen-bond donors (Lipinski definition) is 1. The van der Waals surface area contributed by atoms with Gasteiger partial charge >= 0.3 is 0 Å². The molecule has 1 aromatic rings. The Labute approximate surface area is 122 Å². The Morgan fingerprint density at radius 3 is 3.00 bits per heavy atom. The first kappa shape index (κ1) is 13.7. The zero-order chi connectivity index (χ0) is 14.2. The quantitative estimate of drug-likeness (QED) is 0.913. The zero-order valence-corrected chi connectivity index (χ0v) is 12.9. The molecule has 0 spiro atoms. The van der Waals surface area contributed by atoms with Gasteiger partial charge in [-0.25, -0.2) is 0 Å². The van der Waals surface area contributed by atoms with Crippen LogP contribution in [0.25, 0.3) is 0 Å². The van der Waals surface area contributed by atoms with Gasteiger partial charge in [0.1, 0.15) is 5.75 Å². The average molecular weight is 274 g/mol. The van der Waals surface area contributed by atoms with Crippen molar-refractivity contribution in [2.75, 3.05) is 31.6 Å². The van der Waals surface area contributed by atoms with Crippen molar-refractivity contribution in [3.63, 3.8) is 0 Å². The van der Waals surface area contributed by atoms with Gasteiger partial charge in [0.05, 0.1) is 6.61 Å². The van der Waals surface area contributed by atoms with E-state index in [0.717, 1.165) is 31.9 Å². The molecular weight excluding hydrogens is 248 g/mol. The van der Waals surface area contributed by atoms with Gasteiger partial charge in [-0.05, 0) is 45.4 Å². The minimum Gasteiger partial charge on any atom is -0.493 e. The van der Waals surface area contributed by atoms with E-state index in [9.17, 15) is 0 Å². The molecule has 110 valence electrons.